The second-order valence-corrected chi connectivity index (χ2v) is 8.08. The molecule has 2 heterocycles. The summed E-state index contributed by atoms with van der Waals surface area (Å²) in [6.45, 7) is 2.35. The summed E-state index contributed by atoms with van der Waals surface area (Å²) in [6.07, 6.45) is 0.611. The maximum absolute atomic E-state index is 13.0. The number of nitrogens with one attached hydrogen (secondary N) is 2. The van der Waals surface area contributed by atoms with E-state index in [2.05, 4.69) is 10.6 Å². The first-order valence-corrected chi connectivity index (χ1v) is 10.3. The number of fused-ring (bicyclic) bond motifs is 4. The smallest absolute Gasteiger partial charge is 0.325 e. The zero-order valence-electron chi connectivity index (χ0n) is 17.2. The van der Waals surface area contributed by atoms with E-state index in [1.54, 1.807) is 23.1 Å². The molecule has 0 saturated carbocycles. The number of amides is 3. The van der Waals surface area contributed by atoms with Crippen LogP contribution in [0.1, 0.15) is 40.9 Å². The van der Waals surface area contributed by atoms with Crippen LogP contribution >= 0.6 is 0 Å². The lowest BCUT2D eigenvalue weighted by Gasteiger charge is -2.50. The van der Waals surface area contributed by atoms with Crippen LogP contribution < -0.4 is 20.3 Å². The first-order valence-electron chi connectivity index (χ1n) is 10.3. The molecule has 1 fully saturated rings. The average Bonchev–Trinajstić information content (AvgIpc) is 2.78. The number of rotatable bonds is 4. The summed E-state index contributed by atoms with van der Waals surface area (Å²) in [5.74, 6) is 0.573. The summed E-state index contributed by atoms with van der Waals surface area (Å²) < 4.78 is 6.30. The number of ether oxygens (including phenoxy) is 1. The van der Waals surface area contributed by atoms with Gasteiger partial charge in [0.1, 0.15) is 5.75 Å². The van der Waals surface area contributed by atoms with Crippen LogP contribution in [0.3, 0.4) is 0 Å². The molecule has 3 aromatic rings. The number of urea groups is 1. The first-order chi connectivity index (χ1) is 15.0. The summed E-state index contributed by atoms with van der Waals surface area (Å²) >= 11 is 0. The van der Waals surface area contributed by atoms with Gasteiger partial charge in [-0.15, -0.1) is 0 Å². The fourth-order valence-electron chi connectivity index (χ4n) is 4.38. The highest BCUT2D eigenvalue weighted by molar-refractivity contribution is 5.99. The van der Waals surface area contributed by atoms with Crippen molar-refractivity contribution in [3.05, 3.63) is 95.6 Å². The lowest BCUT2D eigenvalue weighted by molar-refractivity contribution is 0.0378. The molecule has 2 aliphatic heterocycles. The molecular formula is C25H23N3O3. The van der Waals surface area contributed by atoms with Crippen molar-refractivity contribution in [3.8, 4) is 5.75 Å². The topological polar surface area (TPSA) is 70.7 Å². The molecule has 0 aliphatic carbocycles. The summed E-state index contributed by atoms with van der Waals surface area (Å²) in [7, 11) is 0. The molecule has 156 valence electrons. The Morgan fingerprint density at radius 1 is 1.10 bits per heavy atom. The predicted molar refractivity (Wildman–Crippen MR) is 118 cm³/mol. The highest BCUT2D eigenvalue weighted by atomic mass is 16.5. The van der Waals surface area contributed by atoms with Gasteiger partial charge in [-0.3, -0.25) is 9.69 Å². The van der Waals surface area contributed by atoms with Crippen molar-refractivity contribution in [1.29, 1.82) is 0 Å². The quantitative estimate of drug-likeness (QED) is 0.667. The second kappa shape index (κ2) is 7.47. The maximum atomic E-state index is 13.0. The minimum Gasteiger partial charge on any atom is -0.467 e. The number of hydrogen-bond donors (Lipinski definition) is 2. The minimum atomic E-state index is -0.847. The van der Waals surface area contributed by atoms with Crippen molar-refractivity contribution in [1.82, 2.24) is 10.6 Å². The Morgan fingerprint density at radius 2 is 1.87 bits per heavy atom. The van der Waals surface area contributed by atoms with E-state index in [4.69, 9.17) is 4.74 Å². The van der Waals surface area contributed by atoms with E-state index in [1.807, 2.05) is 67.6 Å². The van der Waals surface area contributed by atoms with Gasteiger partial charge in [0.15, 0.2) is 5.72 Å². The lowest BCUT2D eigenvalue weighted by atomic mass is 9.90. The summed E-state index contributed by atoms with van der Waals surface area (Å²) in [5, 5.41) is 6.01. The van der Waals surface area contributed by atoms with Crippen molar-refractivity contribution >= 4 is 17.6 Å². The molecule has 3 aromatic carbocycles. The van der Waals surface area contributed by atoms with E-state index < -0.39 is 5.72 Å². The van der Waals surface area contributed by atoms with Gasteiger partial charge in [-0.1, -0.05) is 54.6 Å². The number of para-hydroxylation sites is 1. The third kappa shape index (κ3) is 3.50. The highest BCUT2D eigenvalue weighted by Crippen LogP contribution is 2.45. The number of carbonyl (C=O) groups is 2. The Bertz CT molecular complexity index is 1150. The molecule has 6 nitrogen and oxygen atoms in total. The van der Waals surface area contributed by atoms with E-state index in [0.29, 0.717) is 24.2 Å². The molecule has 0 spiro atoms. The Balaban J connectivity index is 1.40. The van der Waals surface area contributed by atoms with Crippen LogP contribution in [-0.4, -0.2) is 17.7 Å². The Hall–Kier alpha value is -3.80. The molecule has 6 heteroatoms. The normalized spacial score (nSPS) is 21.5. The minimum absolute atomic E-state index is 0.101. The average molecular weight is 413 g/mol. The summed E-state index contributed by atoms with van der Waals surface area (Å²) in [4.78, 5) is 27.4. The Kier molecular flexibility index (Phi) is 4.62. The van der Waals surface area contributed by atoms with Crippen LogP contribution in [0, 0.1) is 0 Å². The zero-order chi connectivity index (χ0) is 21.4. The molecule has 31 heavy (non-hydrogen) atoms. The maximum Gasteiger partial charge on any atom is 0.325 e. The number of hydrogen-bond acceptors (Lipinski definition) is 3. The Morgan fingerprint density at radius 3 is 2.71 bits per heavy atom. The van der Waals surface area contributed by atoms with Gasteiger partial charge in [0, 0.05) is 24.1 Å². The van der Waals surface area contributed by atoms with Gasteiger partial charge in [-0.25, -0.2) is 4.79 Å². The second-order valence-electron chi connectivity index (χ2n) is 8.08. The third-order valence-corrected chi connectivity index (χ3v) is 5.84. The van der Waals surface area contributed by atoms with Crippen molar-refractivity contribution in [2.45, 2.75) is 31.7 Å². The largest absolute Gasteiger partial charge is 0.467 e. The van der Waals surface area contributed by atoms with Crippen LogP contribution in [0.4, 0.5) is 10.5 Å². The van der Waals surface area contributed by atoms with E-state index in [0.717, 1.165) is 16.9 Å². The monoisotopic (exact) mass is 413 g/mol. The third-order valence-electron chi connectivity index (χ3n) is 5.84. The van der Waals surface area contributed by atoms with Crippen LogP contribution in [0.2, 0.25) is 0 Å². The van der Waals surface area contributed by atoms with E-state index >= 15 is 0 Å². The lowest BCUT2D eigenvalue weighted by Crippen LogP contribution is -2.65. The molecule has 0 radical (unpaired) electrons. The van der Waals surface area contributed by atoms with Crippen LogP contribution in [0.25, 0.3) is 0 Å². The SMILES string of the molecule is C[C@@]12C[C@@H](NC(=O)N1c1cccc(C(=O)NCc3ccccc3)c1)c1ccccc1O2. The van der Waals surface area contributed by atoms with Crippen molar-refractivity contribution in [2.75, 3.05) is 4.90 Å². The van der Waals surface area contributed by atoms with Gasteiger partial charge < -0.3 is 15.4 Å². The van der Waals surface area contributed by atoms with E-state index in [1.165, 1.54) is 0 Å². The predicted octanol–water partition coefficient (Wildman–Crippen LogP) is 4.39. The molecule has 5 rings (SSSR count). The fourth-order valence-corrected chi connectivity index (χ4v) is 4.38. The summed E-state index contributed by atoms with van der Waals surface area (Å²) in [6, 6.07) is 24.2. The molecule has 1 saturated heterocycles. The van der Waals surface area contributed by atoms with Crippen LogP contribution in [0.15, 0.2) is 78.9 Å². The summed E-state index contributed by atoms with van der Waals surface area (Å²) in [5.41, 5.74) is 2.27. The van der Waals surface area contributed by atoms with Gasteiger partial charge in [0.25, 0.3) is 5.91 Å². The molecule has 0 unspecified atom stereocenters. The first kappa shape index (κ1) is 19.2. The molecule has 2 atom stereocenters. The molecule has 0 aromatic heterocycles. The molecule has 2 aliphatic rings. The molecular weight excluding hydrogens is 390 g/mol. The van der Waals surface area contributed by atoms with Gasteiger partial charge in [-0.05, 0) is 36.8 Å². The van der Waals surface area contributed by atoms with Gasteiger partial charge in [0.2, 0.25) is 0 Å². The number of benzene rings is 3. The van der Waals surface area contributed by atoms with Crippen molar-refractivity contribution < 1.29 is 14.3 Å². The molecule has 2 bridgehead atoms. The highest BCUT2D eigenvalue weighted by Gasteiger charge is 2.49. The number of anilines is 1. The van der Waals surface area contributed by atoms with Gasteiger partial charge >= 0.3 is 6.03 Å². The molecule has 2 N–H and O–H groups in total. The fraction of sp³-hybridized carbons (Fsp3) is 0.200. The van der Waals surface area contributed by atoms with Crippen molar-refractivity contribution in [2.24, 2.45) is 0 Å². The standard InChI is InChI=1S/C25H23N3O3/c1-25-15-21(20-12-5-6-13-22(20)31-25)27-24(30)28(25)19-11-7-10-18(14-19)23(29)26-16-17-8-3-2-4-9-17/h2-14,21H,15-16H2,1H3,(H,26,29)(H,27,30)/t21-,25-/m1/s1. The zero-order valence-corrected chi connectivity index (χ0v) is 17.2. The van der Waals surface area contributed by atoms with Gasteiger partial charge in [0.05, 0.1) is 11.7 Å². The number of nitrogens with zero attached hydrogens (tertiary/aromatic N) is 1. The Labute approximate surface area is 180 Å². The van der Waals surface area contributed by atoms with Crippen LogP contribution in [0.5, 0.6) is 5.75 Å². The molecule has 3 amide bonds. The van der Waals surface area contributed by atoms with E-state index in [-0.39, 0.29) is 18.0 Å². The van der Waals surface area contributed by atoms with Gasteiger partial charge in [-0.2, -0.15) is 0 Å². The number of carbonyl (C=O) groups excluding carboxylic acids is 2. The van der Waals surface area contributed by atoms with Crippen LogP contribution in [-0.2, 0) is 6.54 Å². The van der Waals surface area contributed by atoms with E-state index in [9.17, 15) is 9.59 Å². The van der Waals surface area contributed by atoms with Crippen molar-refractivity contribution in [3.63, 3.8) is 0 Å².